The van der Waals surface area contributed by atoms with Crippen LogP contribution >= 0.6 is 0 Å². The lowest BCUT2D eigenvalue weighted by atomic mass is 10.3. The van der Waals surface area contributed by atoms with Crippen LogP contribution in [0.4, 0.5) is 0 Å². The van der Waals surface area contributed by atoms with Crippen LogP contribution in [0.1, 0.15) is 0 Å². The lowest BCUT2D eigenvalue weighted by Gasteiger charge is -2.14. The standard InChI is InChI=1S/C7H8O3/c1-2-7(8)10-5-6-3-9-4-6/h2-3H,1,4-5H2. The molecule has 0 saturated carbocycles. The first-order chi connectivity index (χ1) is 4.83. The quantitative estimate of drug-likeness (QED) is 0.426. The van der Waals surface area contributed by atoms with E-state index in [1.165, 1.54) is 0 Å². The van der Waals surface area contributed by atoms with Gasteiger partial charge in [-0.15, -0.1) is 0 Å². The van der Waals surface area contributed by atoms with Crippen molar-refractivity contribution in [2.24, 2.45) is 0 Å². The molecule has 0 radical (unpaired) electrons. The van der Waals surface area contributed by atoms with Gasteiger partial charge in [-0.05, 0) is 0 Å². The molecular formula is C7H8O3. The van der Waals surface area contributed by atoms with Crippen molar-refractivity contribution in [1.82, 2.24) is 0 Å². The van der Waals surface area contributed by atoms with E-state index in [2.05, 4.69) is 11.3 Å². The first kappa shape index (κ1) is 6.86. The molecule has 0 fully saturated rings. The van der Waals surface area contributed by atoms with Gasteiger partial charge in [-0.1, -0.05) is 6.58 Å². The molecule has 1 rings (SSSR count). The second-order valence-corrected chi connectivity index (χ2v) is 1.90. The Labute approximate surface area is 58.9 Å². The molecule has 3 nitrogen and oxygen atoms in total. The van der Waals surface area contributed by atoms with E-state index < -0.39 is 5.97 Å². The Morgan fingerprint density at radius 3 is 3.10 bits per heavy atom. The van der Waals surface area contributed by atoms with E-state index in [-0.39, 0.29) is 0 Å². The van der Waals surface area contributed by atoms with Gasteiger partial charge in [0.1, 0.15) is 13.2 Å². The van der Waals surface area contributed by atoms with Gasteiger partial charge in [-0.2, -0.15) is 0 Å². The molecule has 10 heavy (non-hydrogen) atoms. The zero-order valence-corrected chi connectivity index (χ0v) is 5.50. The van der Waals surface area contributed by atoms with E-state index in [1.807, 2.05) is 0 Å². The first-order valence-electron chi connectivity index (χ1n) is 2.91. The third kappa shape index (κ3) is 1.62. The van der Waals surface area contributed by atoms with Crippen LogP contribution in [0.3, 0.4) is 0 Å². The molecular weight excluding hydrogens is 132 g/mol. The summed E-state index contributed by atoms with van der Waals surface area (Å²) < 4.78 is 9.41. The zero-order chi connectivity index (χ0) is 7.40. The van der Waals surface area contributed by atoms with Gasteiger partial charge in [0.2, 0.25) is 0 Å². The Morgan fingerprint density at radius 1 is 2.00 bits per heavy atom. The molecule has 0 saturated heterocycles. The zero-order valence-electron chi connectivity index (χ0n) is 5.50. The van der Waals surface area contributed by atoms with Crippen molar-refractivity contribution < 1.29 is 14.3 Å². The normalized spacial score (nSPS) is 14.2. The van der Waals surface area contributed by atoms with Crippen LogP contribution in [0.5, 0.6) is 0 Å². The van der Waals surface area contributed by atoms with E-state index in [9.17, 15) is 4.79 Å². The third-order valence-corrected chi connectivity index (χ3v) is 1.09. The van der Waals surface area contributed by atoms with Crippen LogP contribution in [0.2, 0.25) is 0 Å². The average Bonchev–Trinajstić information content (AvgIpc) is 1.84. The van der Waals surface area contributed by atoms with Gasteiger partial charge < -0.3 is 9.47 Å². The Kier molecular flexibility index (Phi) is 2.10. The van der Waals surface area contributed by atoms with E-state index in [0.717, 1.165) is 11.6 Å². The fraction of sp³-hybridized carbons (Fsp3) is 0.286. The molecule has 0 aromatic heterocycles. The van der Waals surface area contributed by atoms with Gasteiger partial charge in [-0.3, -0.25) is 0 Å². The molecule has 0 unspecified atom stereocenters. The largest absolute Gasteiger partial charge is 0.496 e. The second-order valence-electron chi connectivity index (χ2n) is 1.90. The molecule has 0 atom stereocenters. The molecule has 1 aliphatic rings. The Morgan fingerprint density at radius 2 is 2.70 bits per heavy atom. The number of esters is 1. The maximum absolute atomic E-state index is 10.4. The summed E-state index contributed by atoms with van der Waals surface area (Å²) in [5.74, 6) is -0.396. The summed E-state index contributed by atoms with van der Waals surface area (Å²) in [7, 11) is 0. The van der Waals surface area contributed by atoms with E-state index in [1.54, 1.807) is 6.26 Å². The van der Waals surface area contributed by atoms with Crippen molar-refractivity contribution in [2.75, 3.05) is 13.2 Å². The number of hydrogen-bond acceptors (Lipinski definition) is 3. The number of carbonyl (C=O) groups is 1. The van der Waals surface area contributed by atoms with Gasteiger partial charge >= 0.3 is 5.97 Å². The van der Waals surface area contributed by atoms with E-state index >= 15 is 0 Å². The number of rotatable bonds is 3. The highest BCUT2D eigenvalue weighted by Gasteiger charge is 2.07. The summed E-state index contributed by atoms with van der Waals surface area (Å²) in [4.78, 5) is 10.4. The SMILES string of the molecule is C=CC(=O)OCC1=COC1. The summed E-state index contributed by atoms with van der Waals surface area (Å²) in [6.45, 7) is 4.16. The minimum Gasteiger partial charge on any atom is -0.496 e. The summed E-state index contributed by atoms with van der Waals surface area (Å²) in [6.07, 6.45) is 2.72. The molecule has 0 aromatic rings. The van der Waals surface area contributed by atoms with Crippen LogP contribution in [0.25, 0.3) is 0 Å². The van der Waals surface area contributed by atoms with Gasteiger partial charge in [0.05, 0.1) is 6.26 Å². The van der Waals surface area contributed by atoms with E-state index in [0.29, 0.717) is 13.2 Å². The van der Waals surface area contributed by atoms with Crippen molar-refractivity contribution in [3.63, 3.8) is 0 Å². The van der Waals surface area contributed by atoms with Crippen molar-refractivity contribution in [3.05, 3.63) is 24.5 Å². The van der Waals surface area contributed by atoms with Crippen molar-refractivity contribution in [1.29, 1.82) is 0 Å². The molecule has 54 valence electrons. The molecule has 0 aliphatic carbocycles. The van der Waals surface area contributed by atoms with Gasteiger partial charge in [0.25, 0.3) is 0 Å². The Hall–Kier alpha value is -1.25. The average molecular weight is 140 g/mol. The monoisotopic (exact) mass is 140 g/mol. The third-order valence-electron chi connectivity index (χ3n) is 1.09. The maximum atomic E-state index is 10.4. The molecule has 1 aliphatic heterocycles. The summed E-state index contributed by atoms with van der Waals surface area (Å²) >= 11 is 0. The van der Waals surface area contributed by atoms with Crippen LogP contribution in [0, 0.1) is 0 Å². The highest BCUT2D eigenvalue weighted by atomic mass is 16.5. The van der Waals surface area contributed by atoms with Crippen molar-refractivity contribution in [2.45, 2.75) is 0 Å². The number of carbonyl (C=O) groups excluding carboxylic acids is 1. The lowest BCUT2D eigenvalue weighted by molar-refractivity contribution is -0.137. The highest BCUT2D eigenvalue weighted by molar-refractivity contribution is 5.81. The molecule has 0 bridgehead atoms. The summed E-state index contributed by atoms with van der Waals surface area (Å²) in [5, 5.41) is 0. The molecule has 3 heteroatoms. The predicted octanol–water partition coefficient (Wildman–Crippen LogP) is 0.630. The van der Waals surface area contributed by atoms with Crippen LogP contribution < -0.4 is 0 Å². The summed E-state index contributed by atoms with van der Waals surface area (Å²) in [5.41, 5.74) is 0.996. The fourth-order valence-corrected chi connectivity index (χ4v) is 0.500. The van der Waals surface area contributed by atoms with Gasteiger partial charge in [0, 0.05) is 11.6 Å². The van der Waals surface area contributed by atoms with E-state index in [4.69, 9.17) is 4.74 Å². The molecule has 0 spiro atoms. The highest BCUT2D eigenvalue weighted by Crippen LogP contribution is 2.06. The predicted molar refractivity (Wildman–Crippen MR) is 35.2 cm³/mol. The minimum absolute atomic E-state index is 0.324. The maximum Gasteiger partial charge on any atom is 0.330 e. The Balaban J connectivity index is 2.15. The molecule has 1 heterocycles. The smallest absolute Gasteiger partial charge is 0.330 e. The van der Waals surface area contributed by atoms with Crippen molar-refractivity contribution >= 4 is 5.97 Å². The van der Waals surface area contributed by atoms with Gasteiger partial charge in [-0.25, -0.2) is 4.79 Å². The van der Waals surface area contributed by atoms with Crippen LogP contribution in [0.15, 0.2) is 24.5 Å². The van der Waals surface area contributed by atoms with Crippen molar-refractivity contribution in [3.8, 4) is 0 Å². The minimum atomic E-state index is -0.396. The summed E-state index contributed by atoms with van der Waals surface area (Å²) in [6, 6.07) is 0. The van der Waals surface area contributed by atoms with Crippen LogP contribution in [-0.2, 0) is 14.3 Å². The van der Waals surface area contributed by atoms with Gasteiger partial charge in [0.15, 0.2) is 0 Å². The molecule has 0 amide bonds. The Bertz CT molecular complexity index is 179. The topological polar surface area (TPSA) is 35.5 Å². The number of ether oxygens (including phenoxy) is 2. The first-order valence-corrected chi connectivity index (χ1v) is 2.91. The molecule has 0 aromatic carbocycles. The second kappa shape index (κ2) is 3.06. The van der Waals surface area contributed by atoms with Crippen LogP contribution in [-0.4, -0.2) is 19.2 Å². The molecule has 0 N–H and O–H groups in total. The number of hydrogen-bond donors (Lipinski definition) is 0. The fourth-order valence-electron chi connectivity index (χ4n) is 0.500. The lowest BCUT2D eigenvalue weighted by Crippen LogP contribution is -2.13.